The highest BCUT2D eigenvalue weighted by Crippen LogP contribution is 2.15. The summed E-state index contributed by atoms with van der Waals surface area (Å²) in [6.07, 6.45) is 0.714. The van der Waals surface area contributed by atoms with E-state index in [-0.39, 0.29) is 12.5 Å². The van der Waals surface area contributed by atoms with Crippen LogP contribution in [0.25, 0.3) is 0 Å². The van der Waals surface area contributed by atoms with Crippen molar-refractivity contribution in [3.63, 3.8) is 0 Å². The number of carbonyl (C=O) groups is 2. The van der Waals surface area contributed by atoms with Crippen LogP contribution in [0.1, 0.15) is 20.8 Å². The zero-order valence-corrected chi connectivity index (χ0v) is 11.5. The minimum absolute atomic E-state index is 0.158. The van der Waals surface area contributed by atoms with E-state index in [0.717, 1.165) is 0 Å². The number of rotatable bonds is 1. The van der Waals surface area contributed by atoms with Gasteiger partial charge in [-0.15, -0.1) is 0 Å². The van der Waals surface area contributed by atoms with Crippen molar-refractivity contribution in [3.05, 3.63) is 12.7 Å². The van der Waals surface area contributed by atoms with E-state index in [9.17, 15) is 9.59 Å². The first-order valence-corrected chi connectivity index (χ1v) is 6.09. The fraction of sp³-hybridized carbons (Fsp3) is 0.615. The number of amides is 2. The molecule has 0 N–H and O–H groups in total. The predicted molar refractivity (Wildman–Crippen MR) is 69.1 cm³/mol. The maximum Gasteiger partial charge on any atom is 0.410 e. The standard InChI is InChI=1S/C13H19N3O3/c1-5-11(17)16-7-6-15(9-10(16)8-14)12(18)19-13(2,3)4/h5,10H,1,6-7,9H2,2-4H3/t10-/m0/s1. The summed E-state index contributed by atoms with van der Waals surface area (Å²) in [6.45, 7) is 9.57. The molecule has 0 aromatic heterocycles. The van der Waals surface area contributed by atoms with Crippen molar-refractivity contribution >= 4 is 12.0 Å². The minimum atomic E-state index is -0.660. The third kappa shape index (κ3) is 3.98. The van der Waals surface area contributed by atoms with E-state index in [4.69, 9.17) is 10.00 Å². The maximum absolute atomic E-state index is 11.9. The number of piperazine rings is 1. The van der Waals surface area contributed by atoms with E-state index in [1.807, 2.05) is 6.07 Å². The summed E-state index contributed by atoms with van der Waals surface area (Å²) in [5, 5.41) is 9.08. The first kappa shape index (κ1) is 15.0. The Bertz CT molecular complexity index is 420. The third-order valence-electron chi connectivity index (χ3n) is 2.64. The van der Waals surface area contributed by atoms with Gasteiger partial charge in [0.25, 0.3) is 0 Å². The molecule has 0 aliphatic carbocycles. The van der Waals surface area contributed by atoms with Crippen molar-refractivity contribution in [3.8, 4) is 6.07 Å². The van der Waals surface area contributed by atoms with E-state index in [2.05, 4.69) is 6.58 Å². The summed E-state index contributed by atoms with van der Waals surface area (Å²) in [6, 6.07) is 1.36. The number of nitriles is 1. The lowest BCUT2D eigenvalue weighted by Gasteiger charge is -2.38. The van der Waals surface area contributed by atoms with Crippen molar-refractivity contribution in [2.75, 3.05) is 19.6 Å². The Hall–Kier alpha value is -2.03. The normalized spacial score (nSPS) is 19.6. The van der Waals surface area contributed by atoms with Gasteiger partial charge in [-0.2, -0.15) is 5.26 Å². The van der Waals surface area contributed by atoms with Gasteiger partial charge in [-0.3, -0.25) is 4.79 Å². The molecule has 2 amide bonds. The second-order valence-electron chi connectivity index (χ2n) is 5.31. The van der Waals surface area contributed by atoms with Crippen LogP contribution in [0.2, 0.25) is 0 Å². The Morgan fingerprint density at radius 3 is 2.53 bits per heavy atom. The summed E-state index contributed by atoms with van der Waals surface area (Å²) >= 11 is 0. The highest BCUT2D eigenvalue weighted by molar-refractivity contribution is 5.87. The van der Waals surface area contributed by atoms with Crippen molar-refractivity contribution in [2.24, 2.45) is 0 Å². The molecule has 0 bridgehead atoms. The van der Waals surface area contributed by atoms with Crippen molar-refractivity contribution in [1.82, 2.24) is 9.80 Å². The zero-order chi connectivity index (χ0) is 14.6. The molecule has 0 aromatic rings. The third-order valence-corrected chi connectivity index (χ3v) is 2.64. The highest BCUT2D eigenvalue weighted by Gasteiger charge is 2.33. The lowest BCUT2D eigenvalue weighted by Crippen LogP contribution is -2.56. The fourth-order valence-electron chi connectivity index (χ4n) is 1.77. The topological polar surface area (TPSA) is 73.6 Å². The Kier molecular flexibility index (Phi) is 4.54. The van der Waals surface area contributed by atoms with Gasteiger partial charge < -0.3 is 14.5 Å². The molecule has 19 heavy (non-hydrogen) atoms. The molecule has 1 saturated heterocycles. The first-order valence-electron chi connectivity index (χ1n) is 6.09. The van der Waals surface area contributed by atoms with Crippen LogP contribution in [0, 0.1) is 11.3 Å². The highest BCUT2D eigenvalue weighted by atomic mass is 16.6. The van der Waals surface area contributed by atoms with Crippen LogP contribution in [0.5, 0.6) is 0 Å². The largest absolute Gasteiger partial charge is 0.444 e. The van der Waals surface area contributed by atoms with Crippen LogP contribution in [-0.2, 0) is 9.53 Å². The molecule has 0 unspecified atom stereocenters. The van der Waals surface area contributed by atoms with Gasteiger partial charge in [0.15, 0.2) is 0 Å². The molecule has 1 aliphatic heterocycles. The lowest BCUT2D eigenvalue weighted by atomic mass is 10.2. The average molecular weight is 265 g/mol. The molecular formula is C13H19N3O3. The van der Waals surface area contributed by atoms with Crippen LogP contribution in [0.15, 0.2) is 12.7 Å². The zero-order valence-electron chi connectivity index (χ0n) is 11.5. The van der Waals surface area contributed by atoms with Gasteiger partial charge in [-0.1, -0.05) is 6.58 Å². The summed E-state index contributed by atoms with van der Waals surface area (Å²) in [4.78, 5) is 26.3. The van der Waals surface area contributed by atoms with Crippen molar-refractivity contribution in [2.45, 2.75) is 32.4 Å². The summed E-state index contributed by atoms with van der Waals surface area (Å²) in [5.41, 5.74) is -0.576. The van der Waals surface area contributed by atoms with Crippen LogP contribution in [0.4, 0.5) is 4.79 Å². The van der Waals surface area contributed by atoms with Gasteiger partial charge in [0.1, 0.15) is 11.6 Å². The minimum Gasteiger partial charge on any atom is -0.444 e. The number of nitrogens with zero attached hydrogens (tertiary/aromatic N) is 3. The van der Waals surface area contributed by atoms with Crippen LogP contribution < -0.4 is 0 Å². The quantitative estimate of drug-likeness (QED) is 0.666. The van der Waals surface area contributed by atoms with Crippen molar-refractivity contribution in [1.29, 1.82) is 5.26 Å². The Labute approximate surface area is 113 Å². The summed E-state index contributed by atoms with van der Waals surface area (Å²) < 4.78 is 5.25. The molecule has 1 atom stereocenters. The van der Waals surface area contributed by atoms with E-state index in [1.165, 1.54) is 15.9 Å². The van der Waals surface area contributed by atoms with Crippen molar-refractivity contribution < 1.29 is 14.3 Å². The van der Waals surface area contributed by atoms with Crippen LogP contribution >= 0.6 is 0 Å². The predicted octanol–water partition coefficient (Wildman–Crippen LogP) is 1.14. The van der Waals surface area contributed by atoms with E-state index in [0.29, 0.717) is 13.1 Å². The van der Waals surface area contributed by atoms with Gasteiger partial charge in [-0.25, -0.2) is 4.79 Å². The molecule has 6 nitrogen and oxygen atoms in total. The fourth-order valence-corrected chi connectivity index (χ4v) is 1.77. The number of carbonyl (C=O) groups excluding carboxylic acids is 2. The van der Waals surface area contributed by atoms with Gasteiger partial charge >= 0.3 is 6.09 Å². The van der Waals surface area contributed by atoms with Crippen LogP contribution in [-0.4, -0.2) is 53.1 Å². The molecule has 1 fully saturated rings. The SMILES string of the molecule is C=CC(=O)N1CCN(C(=O)OC(C)(C)C)C[C@@H]1C#N. The molecule has 104 valence electrons. The first-order chi connectivity index (χ1) is 8.78. The second kappa shape index (κ2) is 5.74. The van der Waals surface area contributed by atoms with E-state index in [1.54, 1.807) is 20.8 Å². The maximum atomic E-state index is 11.9. The molecule has 1 aliphatic rings. The molecule has 1 heterocycles. The number of ether oxygens (including phenoxy) is 1. The number of hydrogen-bond donors (Lipinski definition) is 0. The average Bonchev–Trinajstić information content (AvgIpc) is 2.35. The summed E-state index contributed by atoms with van der Waals surface area (Å²) in [7, 11) is 0. The smallest absolute Gasteiger partial charge is 0.410 e. The monoisotopic (exact) mass is 265 g/mol. The Morgan fingerprint density at radius 2 is 2.05 bits per heavy atom. The van der Waals surface area contributed by atoms with Gasteiger partial charge in [-0.05, 0) is 26.8 Å². The molecule has 0 aromatic carbocycles. The molecule has 0 saturated carbocycles. The van der Waals surface area contributed by atoms with E-state index < -0.39 is 17.7 Å². The van der Waals surface area contributed by atoms with Gasteiger partial charge in [0.05, 0.1) is 12.6 Å². The molecule has 0 spiro atoms. The molecule has 1 rings (SSSR count). The molecule has 0 radical (unpaired) electrons. The number of hydrogen-bond acceptors (Lipinski definition) is 4. The molecule has 6 heteroatoms. The lowest BCUT2D eigenvalue weighted by molar-refractivity contribution is -0.129. The van der Waals surface area contributed by atoms with E-state index >= 15 is 0 Å². The van der Waals surface area contributed by atoms with Crippen LogP contribution in [0.3, 0.4) is 0 Å². The van der Waals surface area contributed by atoms with Gasteiger partial charge in [0.2, 0.25) is 5.91 Å². The Morgan fingerprint density at radius 1 is 1.42 bits per heavy atom. The second-order valence-corrected chi connectivity index (χ2v) is 5.31. The summed E-state index contributed by atoms with van der Waals surface area (Å²) in [5.74, 6) is -0.296. The van der Waals surface area contributed by atoms with Gasteiger partial charge in [0, 0.05) is 13.1 Å². The molecular weight excluding hydrogens is 246 g/mol. The Balaban J connectivity index is 2.70.